The van der Waals surface area contributed by atoms with Gasteiger partial charge in [0.25, 0.3) is 0 Å². The second-order valence-electron chi connectivity index (χ2n) is 6.18. The zero-order chi connectivity index (χ0) is 21.0. The Morgan fingerprint density at radius 3 is 2.59 bits per heavy atom. The van der Waals surface area contributed by atoms with Gasteiger partial charge in [0.05, 0.1) is 19.3 Å². The van der Waals surface area contributed by atoms with Crippen LogP contribution in [0.25, 0.3) is 22.3 Å². The van der Waals surface area contributed by atoms with Gasteiger partial charge in [-0.2, -0.15) is 0 Å². The van der Waals surface area contributed by atoms with Crippen LogP contribution in [0.5, 0.6) is 23.0 Å². The Balaban J connectivity index is 2.13. The van der Waals surface area contributed by atoms with E-state index in [1.54, 1.807) is 18.2 Å². The molecule has 0 unspecified atom stereocenters. The quantitative estimate of drug-likeness (QED) is 0.591. The second kappa shape index (κ2) is 8.55. The minimum Gasteiger partial charge on any atom is -0.507 e. The summed E-state index contributed by atoms with van der Waals surface area (Å²) in [5, 5.41) is 18.9. The van der Waals surface area contributed by atoms with Crippen LogP contribution in [0.2, 0.25) is 0 Å². The first-order valence-electron chi connectivity index (χ1n) is 8.89. The van der Waals surface area contributed by atoms with Crippen molar-refractivity contribution in [1.29, 1.82) is 0 Å². The van der Waals surface area contributed by atoms with Crippen LogP contribution in [0.4, 0.5) is 0 Å². The molecule has 29 heavy (non-hydrogen) atoms. The Bertz CT molecular complexity index is 1100. The Hall–Kier alpha value is -3.68. The average molecular weight is 400 g/mol. The maximum absolute atomic E-state index is 12.6. The lowest BCUT2D eigenvalue weighted by Crippen LogP contribution is -2.09. The summed E-state index contributed by atoms with van der Waals surface area (Å²) in [6.07, 6.45) is 0.788. The number of carboxylic acids is 1. The lowest BCUT2D eigenvalue weighted by Gasteiger charge is -2.13. The van der Waals surface area contributed by atoms with Gasteiger partial charge in [0.1, 0.15) is 39.7 Å². The second-order valence-corrected chi connectivity index (χ2v) is 6.18. The van der Waals surface area contributed by atoms with E-state index in [1.165, 1.54) is 25.3 Å². The Labute approximate surface area is 165 Å². The lowest BCUT2D eigenvalue weighted by atomic mass is 10.1. The topological polar surface area (TPSA) is 115 Å². The molecule has 0 atom stereocenters. The zero-order valence-corrected chi connectivity index (χ0v) is 15.9. The summed E-state index contributed by atoms with van der Waals surface area (Å²) >= 11 is 0. The number of hydrogen-bond acceptors (Lipinski definition) is 7. The van der Waals surface area contributed by atoms with Crippen LogP contribution in [0, 0.1) is 0 Å². The first-order valence-corrected chi connectivity index (χ1v) is 8.89. The normalized spacial score (nSPS) is 10.7. The van der Waals surface area contributed by atoms with Gasteiger partial charge in [-0.05, 0) is 18.6 Å². The van der Waals surface area contributed by atoms with Crippen LogP contribution >= 0.6 is 0 Å². The lowest BCUT2D eigenvalue weighted by molar-refractivity contribution is -0.139. The molecule has 8 heteroatoms. The molecule has 0 aliphatic carbocycles. The van der Waals surface area contributed by atoms with E-state index in [0.717, 1.165) is 6.42 Å². The van der Waals surface area contributed by atoms with Gasteiger partial charge in [0, 0.05) is 24.3 Å². The van der Waals surface area contributed by atoms with Crippen molar-refractivity contribution in [2.75, 3.05) is 20.3 Å². The van der Waals surface area contributed by atoms with Crippen molar-refractivity contribution >= 4 is 16.9 Å². The van der Waals surface area contributed by atoms with E-state index >= 15 is 0 Å². The molecule has 0 bridgehead atoms. The highest BCUT2D eigenvalue weighted by Gasteiger charge is 2.16. The molecular weight excluding hydrogens is 380 g/mol. The van der Waals surface area contributed by atoms with E-state index in [1.807, 2.05) is 6.92 Å². The Kier molecular flexibility index (Phi) is 5.92. The molecule has 152 valence electrons. The summed E-state index contributed by atoms with van der Waals surface area (Å²) in [7, 11) is 1.54. The van der Waals surface area contributed by atoms with Crippen LogP contribution in [0.15, 0.2) is 45.6 Å². The van der Waals surface area contributed by atoms with E-state index in [-0.39, 0.29) is 28.2 Å². The van der Waals surface area contributed by atoms with Gasteiger partial charge in [0.2, 0.25) is 0 Å². The van der Waals surface area contributed by atoms with E-state index < -0.39 is 18.0 Å². The largest absolute Gasteiger partial charge is 0.507 e. The minimum absolute atomic E-state index is 0.0269. The van der Waals surface area contributed by atoms with E-state index in [9.17, 15) is 14.7 Å². The number of rotatable bonds is 8. The summed E-state index contributed by atoms with van der Waals surface area (Å²) in [5.74, 6) is -0.168. The molecule has 0 saturated heterocycles. The predicted molar refractivity (Wildman–Crippen MR) is 105 cm³/mol. The van der Waals surface area contributed by atoms with Gasteiger partial charge in [-0.3, -0.25) is 4.79 Å². The monoisotopic (exact) mass is 400 g/mol. The summed E-state index contributed by atoms with van der Waals surface area (Å²) in [6, 6.07) is 8.91. The van der Waals surface area contributed by atoms with E-state index in [2.05, 4.69) is 0 Å². The van der Waals surface area contributed by atoms with Crippen LogP contribution in [-0.2, 0) is 4.79 Å². The first kappa shape index (κ1) is 20.1. The molecule has 0 saturated carbocycles. The third-order valence-electron chi connectivity index (χ3n) is 4.06. The number of fused-ring (bicyclic) bond motifs is 1. The molecule has 0 radical (unpaired) electrons. The van der Waals surface area contributed by atoms with Crippen LogP contribution in [-0.4, -0.2) is 36.5 Å². The van der Waals surface area contributed by atoms with Crippen molar-refractivity contribution in [2.24, 2.45) is 0 Å². The highest BCUT2D eigenvalue weighted by atomic mass is 16.5. The summed E-state index contributed by atoms with van der Waals surface area (Å²) in [5.41, 5.74) is 0.139. The van der Waals surface area contributed by atoms with Gasteiger partial charge in [-0.1, -0.05) is 6.92 Å². The minimum atomic E-state index is -1.17. The molecule has 1 heterocycles. The fourth-order valence-corrected chi connectivity index (χ4v) is 2.77. The first-order chi connectivity index (χ1) is 13.9. The maximum atomic E-state index is 12.6. The molecule has 2 N–H and O–H groups in total. The molecule has 0 aliphatic heterocycles. The van der Waals surface area contributed by atoms with Gasteiger partial charge >= 0.3 is 5.97 Å². The Morgan fingerprint density at radius 1 is 1.10 bits per heavy atom. The summed E-state index contributed by atoms with van der Waals surface area (Å²) < 4.78 is 21.9. The van der Waals surface area contributed by atoms with Crippen molar-refractivity contribution < 1.29 is 33.6 Å². The zero-order valence-electron chi connectivity index (χ0n) is 15.9. The molecule has 3 rings (SSSR count). The molecule has 0 amide bonds. The number of carbonyl (C=O) groups is 1. The van der Waals surface area contributed by atoms with Gasteiger partial charge in [-0.15, -0.1) is 0 Å². The van der Waals surface area contributed by atoms with Crippen LogP contribution in [0.1, 0.15) is 13.3 Å². The number of aliphatic carboxylic acids is 1. The standard InChI is InChI=1S/C21H20O8/c1-3-6-27-17-8-12(26-2)4-5-14(17)18-10-16(23)21-15(22)7-13(9-19(21)29-18)28-11-20(24)25/h4-5,7-10,22H,3,6,11H2,1-2H3,(H,24,25). The molecule has 0 spiro atoms. The third kappa shape index (κ3) is 4.43. The van der Waals surface area contributed by atoms with Crippen molar-refractivity contribution in [2.45, 2.75) is 13.3 Å². The summed E-state index contributed by atoms with van der Waals surface area (Å²) in [6.45, 7) is 1.84. The number of ether oxygens (including phenoxy) is 3. The number of phenolic OH excluding ortho intramolecular Hbond substituents is 1. The number of hydrogen-bond donors (Lipinski definition) is 2. The Morgan fingerprint density at radius 2 is 1.90 bits per heavy atom. The van der Waals surface area contributed by atoms with Gasteiger partial charge in [0.15, 0.2) is 12.0 Å². The summed E-state index contributed by atoms with van der Waals surface area (Å²) in [4.78, 5) is 23.3. The highest BCUT2D eigenvalue weighted by Crippen LogP contribution is 2.36. The maximum Gasteiger partial charge on any atom is 0.341 e. The number of methoxy groups -OCH3 is 1. The van der Waals surface area contributed by atoms with Crippen molar-refractivity contribution in [3.05, 3.63) is 46.6 Å². The predicted octanol–water partition coefficient (Wildman–Crippen LogP) is 3.43. The molecule has 3 aromatic rings. The fraction of sp³-hybridized carbons (Fsp3) is 0.238. The number of carboxylic acid groups (broad SMARTS) is 1. The highest BCUT2D eigenvalue weighted by molar-refractivity contribution is 5.86. The van der Waals surface area contributed by atoms with Crippen molar-refractivity contribution in [1.82, 2.24) is 0 Å². The molecule has 8 nitrogen and oxygen atoms in total. The van der Waals surface area contributed by atoms with Crippen molar-refractivity contribution in [3.8, 4) is 34.3 Å². The van der Waals surface area contributed by atoms with Crippen molar-refractivity contribution in [3.63, 3.8) is 0 Å². The average Bonchev–Trinajstić information content (AvgIpc) is 2.69. The molecule has 2 aromatic carbocycles. The van der Waals surface area contributed by atoms with Crippen LogP contribution < -0.4 is 19.6 Å². The third-order valence-corrected chi connectivity index (χ3v) is 4.06. The van der Waals surface area contributed by atoms with Crippen LogP contribution in [0.3, 0.4) is 0 Å². The van der Waals surface area contributed by atoms with E-state index in [4.69, 9.17) is 23.7 Å². The number of aromatic hydroxyl groups is 1. The van der Waals surface area contributed by atoms with Gasteiger partial charge in [-0.25, -0.2) is 4.79 Å². The molecule has 0 aliphatic rings. The molecule has 0 fully saturated rings. The smallest absolute Gasteiger partial charge is 0.341 e. The SMILES string of the molecule is CCCOc1cc(OC)ccc1-c1cc(=O)c2c(O)cc(OCC(=O)O)cc2o1. The van der Waals surface area contributed by atoms with E-state index in [0.29, 0.717) is 23.7 Å². The molecule has 1 aromatic heterocycles. The fourth-order valence-electron chi connectivity index (χ4n) is 2.77. The van der Waals surface area contributed by atoms with Gasteiger partial charge < -0.3 is 28.8 Å². The number of phenols is 1. The molecular formula is C21H20O8. The number of benzene rings is 2.